The molecule has 1 heterocycles. The first kappa shape index (κ1) is 24.4. The Hall–Kier alpha value is -2.89. The van der Waals surface area contributed by atoms with Gasteiger partial charge in [-0.1, -0.05) is 44.4 Å². The molecular weight excluding hydrogens is 395 g/mol. The van der Waals surface area contributed by atoms with Crippen molar-refractivity contribution in [2.45, 2.75) is 59.0 Å². The van der Waals surface area contributed by atoms with Crippen LogP contribution >= 0.6 is 0 Å². The molecule has 0 radical (unpaired) electrons. The Labute approximate surface area is 184 Å². The van der Waals surface area contributed by atoms with Crippen molar-refractivity contribution in [1.82, 2.24) is 9.80 Å². The summed E-state index contributed by atoms with van der Waals surface area (Å²) in [6, 6.07) is 9.74. The van der Waals surface area contributed by atoms with Crippen LogP contribution in [-0.2, 0) is 22.7 Å². The Balaban J connectivity index is 2.09. The van der Waals surface area contributed by atoms with Crippen LogP contribution in [0.3, 0.4) is 0 Å². The highest BCUT2D eigenvalue weighted by Crippen LogP contribution is 2.15. The third kappa shape index (κ3) is 8.40. The van der Waals surface area contributed by atoms with Crippen molar-refractivity contribution < 1.29 is 18.4 Å². The molecule has 31 heavy (non-hydrogen) atoms. The summed E-state index contributed by atoms with van der Waals surface area (Å²) in [7, 11) is 0. The molecule has 2 rings (SSSR count). The Morgan fingerprint density at radius 3 is 2.35 bits per heavy atom. The van der Waals surface area contributed by atoms with Gasteiger partial charge in [-0.15, -0.1) is 6.58 Å². The number of hydrogen-bond acceptors (Lipinski definition) is 3. The molecule has 0 aliphatic rings. The largest absolute Gasteiger partial charge is 0.464 e. The van der Waals surface area contributed by atoms with Crippen LogP contribution in [0.15, 0.2) is 53.5 Å². The van der Waals surface area contributed by atoms with E-state index in [1.54, 1.807) is 28.0 Å². The van der Waals surface area contributed by atoms with Gasteiger partial charge >= 0.3 is 0 Å². The van der Waals surface area contributed by atoms with E-state index in [-0.39, 0.29) is 30.7 Å². The average molecular weight is 429 g/mol. The Morgan fingerprint density at radius 2 is 1.74 bits per heavy atom. The van der Waals surface area contributed by atoms with Gasteiger partial charge in [-0.05, 0) is 43.2 Å². The van der Waals surface area contributed by atoms with Crippen LogP contribution in [0, 0.1) is 12.7 Å². The highest BCUT2D eigenvalue weighted by atomic mass is 19.1. The predicted molar refractivity (Wildman–Crippen MR) is 120 cm³/mol. The lowest BCUT2D eigenvalue weighted by Gasteiger charge is -2.27. The molecule has 0 bridgehead atoms. The standard InChI is InChI=1S/C25H33FN2O3/c1-4-6-7-8-9-24(29)27(16-5-2)19-25(30)28(18-23-15-10-20(3)31-23)17-21-11-13-22(26)14-12-21/h5,10-15H,2,4,6-9,16-19H2,1,3H3. The molecule has 0 saturated carbocycles. The quantitative estimate of drug-likeness (QED) is 0.324. The molecule has 2 amide bonds. The lowest BCUT2D eigenvalue weighted by atomic mass is 10.1. The number of amides is 2. The first-order valence-electron chi connectivity index (χ1n) is 10.9. The van der Waals surface area contributed by atoms with Crippen LogP contribution in [0.4, 0.5) is 4.39 Å². The molecular formula is C25H33FN2O3. The molecule has 0 aliphatic heterocycles. The zero-order valence-corrected chi connectivity index (χ0v) is 18.6. The van der Waals surface area contributed by atoms with Gasteiger partial charge in [0.05, 0.1) is 6.54 Å². The van der Waals surface area contributed by atoms with Gasteiger partial charge in [0.25, 0.3) is 0 Å². The molecule has 0 N–H and O–H groups in total. The van der Waals surface area contributed by atoms with Crippen LogP contribution < -0.4 is 0 Å². The number of furan rings is 1. The summed E-state index contributed by atoms with van der Waals surface area (Å²) in [6.45, 7) is 8.56. The molecule has 0 spiro atoms. The summed E-state index contributed by atoms with van der Waals surface area (Å²) in [5.41, 5.74) is 0.805. The number of hydrogen-bond donors (Lipinski definition) is 0. The second-order valence-corrected chi connectivity index (χ2v) is 7.76. The Morgan fingerprint density at radius 1 is 1.00 bits per heavy atom. The number of benzene rings is 1. The highest BCUT2D eigenvalue weighted by molar-refractivity contribution is 5.85. The fraction of sp³-hybridized carbons (Fsp3) is 0.440. The van der Waals surface area contributed by atoms with E-state index in [0.717, 1.165) is 37.0 Å². The molecule has 0 fully saturated rings. The smallest absolute Gasteiger partial charge is 0.242 e. The second-order valence-electron chi connectivity index (χ2n) is 7.76. The topological polar surface area (TPSA) is 53.8 Å². The summed E-state index contributed by atoms with van der Waals surface area (Å²) in [6.07, 6.45) is 6.09. The van der Waals surface area contributed by atoms with Crippen molar-refractivity contribution in [2.75, 3.05) is 13.1 Å². The lowest BCUT2D eigenvalue weighted by Crippen LogP contribution is -2.42. The number of halogens is 1. The first-order valence-corrected chi connectivity index (χ1v) is 10.9. The van der Waals surface area contributed by atoms with Gasteiger partial charge in [-0.2, -0.15) is 0 Å². The van der Waals surface area contributed by atoms with Crippen molar-refractivity contribution in [3.8, 4) is 0 Å². The van der Waals surface area contributed by atoms with Gasteiger partial charge < -0.3 is 14.2 Å². The van der Waals surface area contributed by atoms with Crippen molar-refractivity contribution in [2.24, 2.45) is 0 Å². The van der Waals surface area contributed by atoms with E-state index in [4.69, 9.17) is 4.42 Å². The molecule has 168 valence electrons. The summed E-state index contributed by atoms with van der Waals surface area (Å²) in [4.78, 5) is 29.0. The number of nitrogens with zero attached hydrogens (tertiary/aromatic N) is 2. The molecule has 2 aromatic rings. The van der Waals surface area contributed by atoms with Crippen molar-refractivity contribution >= 4 is 11.8 Å². The van der Waals surface area contributed by atoms with E-state index in [1.165, 1.54) is 12.1 Å². The fourth-order valence-electron chi connectivity index (χ4n) is 3.34. The van der Waals surface area contributed by atoms with Crippen LogP contribution in [0.5, 0.6) is 0 Å². The van der Waals surface area contributed by atoms with E-state index in [2.05, 4.69) is 13.5 Å². The Bertz CT molecular complexity index is 845. The minimum atomic E-state index is -0.325. The SMILES string of the molecule is C=CCN(CC(=O)N(Cc1ccc(F)cc1)Cc1ccc(C)o1)C(=O)CCCCCC. The number of carbonyl (C=O) groups excluding carboxylic acids is 2. The molecule has 0 aliphatic carbocycles. The predicted octanol–water partition coefficient (Wildman–Crippen LogP) is 5.24. The average Bonchev–Trinajstić information content (AvgIpc) is 3.16. The van der Waals surface area contributed by atoms with Crippen LogP contribution in [-0.4, -0.2) is 34.7 Å². The Kier molecular flexibility index (Phi) is 10.0. The first-order chi connectivity index (χ1) is 14.9. The van der Waals surface area contributed by atoms with E-state index < -0.39 is 0 Å². The number of rotatable bonds is 13. The number of aryl methyl sites for hydroxylation is 1. The van der Waals surface area contributed by atoms with Gasteiger partial charge in [0, 0.05) is 19.5 Å². The van der Waals surface area contributed by atoms with Crippen molar-refractivity contribution in [3.63, 3.8) is 0 Å². The zero-order chi connectivity index (χ0) is 22.6. The maximum Gasteiger partial charge on any atom is 0.242 e. The fourth-order valence-corrected chi connectivity index (χ4v) is 3.34. The maximum absolute atomic E-state index is 13.3. The number of unbranched alkanes of at least 4 members (excludes halogenated alkanes) is 3. The van der Waals surface area contributed by atoms with Crippen LogP contribution in [0.25, 0.3) is 0 Å². The van der Waals surface area contributed by atoms with Crippen LogP contribution in [0.2, 0.25) is 0 Å². The molecule has 1 aromatic heterocycles. The normalized spacial score (nSPS) is 10.7. The van der Waals surface area contributed by atoms with Crippen molar-refractivity contribution in [1.29, 1.82) is 0 Å². The summed E-state index contributed by atoms with van der Waals surface area (Å²) in [5.74, 6) is 0.866. The van der Waals surface area contributed by atoms with E-state index >= 15 is 0 Å². The van der Waals surface area contributed by atoms with Crippen molar-refractivity contribution in [3.05, 3.63) is 72.0 Å². The van der Waals surface area contributed by atoms with E-state index in [0.29, 0.717) is 25.3 Å². The van der Waals surface area contributed by atoms with Gasteiger partial charge in [0.15, 0.2) is 0 Å². The third-order valence-electron chi connectivity index (χ3n) is 5.05. The minimum absolute atomic E-state index is 0.0283. The van der Waals surface area contributed by atoms with E-state index in [1.807, 2.05) is 19.1 Å². The zero-order valence-electron chi connectivity index (χ0n) is 18.6. The summed E-state index contributed by atoms with van der Waals surface area (Å²) < 4.78 is 18.9. The molecule has 1 aromatic carbocycles. The monoisotopic (exact) mass is 428 g/mol. The second kappa shape index (κ2) is 12.7. The lowest BCUT2D eigenvalue weighted by molar-refractivity contribution is -0.141. The van der Waals surface area contributed by atoms with Gasteiger partial charge in [-0.3, -0.25) is 9.59 Å². The third-order valence-corrected chi connectivity index (χ3v) is 5.05. The van der Waals surface area contributed by atoms with Gasteiger partial charge in [-0.25, -0.2) is 4.39 Å². The maximum atomic E-state index is 13.3. The summed E-state index contributed by atoms with van der Waals surface area (Å²) >= 11 is 0. The molecule has 6 heteroatoms. The van der Waals surface area contributed by atoms with Crippen LogP contribution in [0.1, 0.15) is 56.1 Å². The molecule has 0 saturated heterocycles. The summed E-state index contributed by atoms with van der Waals surface area (Å²) in [5, 5.41) is 0. The van der Waals surface area contributed by atoms with E-state index in [9.17, 15) is 14.0 Å². The molecule has 5 nitrogen and oxygen atoms in total. The minimum Gasteiger partial charge on any atom is -0.464 e. The molecule has 0 unspecified atom stereocenters. The van der Waals surface area contributed by atoms with Gasteiger partial charge in [0.2, 0.25) is 11.8 Å². The highest BCUT2D eigenvalue weighted by Gasteiger charge is 2.22. The number of carbonyl (C=O) groups is 2. The molecule has 0 atom stereocenters. The van der Waals surface area contributed by atoms with Gasteiger partial charge in [0.1, 0.15) is 23.9 Å².